The lowest BCUT2D eigenvalue weighted by Crippen LogP contribution is -2.16. The van der Waals surface area contributed by atoms with Gasteiger partial charge in [-0.15, -0.1) is 11.3 Å². The average molecular weight is 670 g/mol. The monoisotopic (exact) mass is 669 g/mol. The van der Waals surface area contributed by atoms with Crippen molar-refractivity contribution in [2.75, 3.05) is 4.90 Å². The van der Waals surface area contributed by atoms with Gasteiger partial charge in [0, 0.05) is 42.6 Å². The fourth-order valence-electron chi connectivity index (χ4n) is 8.27. The summed E-state index contributed by atoms with van der Waals surface area (Å²) in [5, 5.41) is 5.30. The average Bonchev–Trinajstić information content (AvgIpc) is 3.68. The molecule has 2 heteroatoms. The fourth-order valence-corrected chi connectivity index (χ4v) is 9.39. The Balaban J connectivity index is 1.08. The molecule has 1 aliphatic rings. The Morgan fingerprint density at radius 3 is 1.96 bits per heavy atom. The van der Waals surface area contributed by atoms with Crippen LogP contribution in [-0.2, 0) is 5.41 Å². The third-order valence-electron chi connectivity index (χ3n) is 10.9. The quantitative estimate of drug-likeness (QED) is 0.176. The summed E-state index contributed by atoms with van der Waals surface area (Å²) in [6, 6.07) is 64.8. The van der Waals surface area contributed by atoms with Crippen molar-refractivity contribution in [3.8, 4) is 33.4 Å². The summed E-state index contributed by atoms with van der Waals surface area (Å²) < 4.78 is 2.69. The molecule has 8 aromatic carbocycles. The first kappa shape index (κ1) is 29.9. The van der Waals surface area contributed by atoms with Crippen LogP contribution in [-0.4, -0.2) is 0 Å². The molecule has 0 atom stereocenters. The van der Waals surface area contributed by atoms with Crippen LogP contribution in [0.5, 0.6) is 0 Å². The Bertz CT molecular complexity index is 2770. The second-order valence-corrected chi connectivity index (χ2v) is 15.3. The minimum atomic E-state index is -0.0830. The molecular formula is C49H35NS. The van der Waals surface area contributed by atoms with E-state index in [1.54, 1.807) is 0 Å². The summed E-state index contributed by atoms with van der Waals surface area (Å²) in [4.78, 5) is 2.41. The smallest absolute Gasteiger partial charge is 0.0467 e. The minimum Gasteiger partial charge on any atom is -0.310 e. The van der Waals surface area contributed by atoms with E-state index in [1.807, 2.05) is 11.3 Å². The van der Waals surface area contributed by atoms with Crippen LogP contribution in [0.3, 0.4) is 0 Å². The molecular weight excluding hydrogens is 635 g/mol. The Hall–Kier alpha value is -5.96. The summed E-state index contributed by atoms with van der Waals surface area (Å²) in [5.41, 5.74) is 13.6. The van der Waals surface area contributed by atoms with Crippen molar-refractivity contribution < 1.29 is 0 Å². The van der Waals surface area contributed by atoms with E-state index in [2.05, 4.69) is 195 Å². The lowest BCUT2D eigenvalue weighted by Gasteiger charge is -2.28. The third kappa shape index (κ3) is 4.82. The number of rotatable bonds is 5. The van der Waals surface area contributed by atoms with Crippen molar-refractivity contribution in [2.45, 2.75) is 19.3 Å². The van der Waals surface area contributed by atoms with Gasteiger partial charge in [-0.3, -0.25) is 0 Å². The second kappa shape index (κ2) is 11.6. The van der Waals surface area contributed by atoms with Gasteiger partial charge < -0.3 is 4.90 Å². The van der Waals surface area contributed by atoms with Crippen LogP contribution in [0.2, 0.25) is 0 Å². The number of anilines is 3. The van der Waals surface area contributed by atoms with Gasteiger partial charge in [0.1, 0.15) is 0 Å². The molecule has 0 amide bonds. The number of hydrogen-bond donors (Lipinski definition) is 0. The predicted octanol–water partition coefficient (Wildman–Crippen LogP) is 14.3. The molecule has 0 fully saturated rings. The Kier molecular flexibility index (Phi) is 6.78. The second-order valence-electron chi connectivity index (χ2n) is 14.2. The molecule has 1 aliphatic carbocycles. The lowest BCUT2D eigenvalue weighted by molar-refractivity contribution is 0.660. The summed E-state index contributed by atoms with van der Waals surface area (Å²) in [6.07, 6.45) is 0. The van der Waals surface area contributed by atoms with Crippen molar-refractivity contribution >= 4 is 59.3 Å². The molecule has 0 unspecified atom stereocenters. The van der Waals surface area contributed by atoms with E-state index in [4.69, 9.17) is 0 Å². The van der Waals surface area contributed by atoms with E-state index in [-0.39, 0.29) is 5.41 Å². The SMILES string of the molecule is CC1(C)c2ccccc2-c2ccc(N(c3ccc(-c4ccc5c(ccc6sc7ccccc7c65)c4)cc3)c3cccc(-c4ccccc4)c3)cc21. The van der Waals surface area contributed by atoms with Gasteiger partial charge in [-0.2, -0.15) is 0 Å². The van der Waals surface area contributed by atoms with E-state index >= 15 is 0 Å². The fraction of sp³-hybridized carbons (Fsp3) is 0.0612. The zero-order chi connectivity index (χ0) is 34.1. The third-order valence-corrected chi connectivity index (χ3v) is 12.0. The molecule has 10 rings (SSSR count). The lowest BCUT2D eigenvalue weighted by atomic mass is 9.82. The molecule has 9 aromatic rings. The number of hydrogen-bond acceptors (Lipinski definition) is 2. The number of benzene rings is 8. The molecule has 242 valence electrons. The largest absolute Gasteiger partial charge is 0.310 e. The summed E-state index contributed by atoms with van der Waals surface area (Å²) >= 11 is 1.88. The van der Waals surface area contributed by atoms with Crippen molar-refractivity contribution in [3.05, 3.63) is 187 Å². The Morgan fingerprint density at radius 1 is 0.412 bits per heavy atom. The zero-order valence-electron chi connectivity index (χ0n) is 28.6. The molecule has 0 saturated heterocycles. The predicted molar refractivity (Wildman–Crippen MR) is 220 cm³/mol. The summed E-state index contributed by atoms with van der Waals surface area (Å²) in [6.45, 7) is 4.71. The van der Waals surface area contributed by atoms with Gasteiger partial charge in [-0.25, -0.2) is 0 Å². The first-order chi connectivity index (χ1) is 25.0. The molecule has 1 heterocycles. The molecule has 0 saturated carbocycles. The highest BCUT2D eigenvalue weighted by Crippen LogP contribution is 2.51. The normalized spacial score (nSPS) is 13.1. The first-order valence-corrected chi connectivity index (χ1v) is 18.5. The number of thiophene rings is 1. The zero-order valence-corrected chi connectivity index (χ0v) is 29.4. The molecule has 1 aromatic heterocycles. The summed E-state index contributed by atoms with van der Waals surface area (Å²) in [7, 11) is 0. The van der Waals surface area contributed by atoms with E-state index in [9.17, 15) is 0 Å². The van der Waals surface area contributed by atoms with E-state index in [1.165, 1.54) is 75.5 Å². The highest BCUT2D eigenvalue weighted by Gasteiger charge is 2.35. The van der Waals surface area contributed by atoms with Gasteiger partial charge in [0.15, 0.2) is 0 Å². The molecule has 0 radical (unpaired) electrons. The van der Waals surface area contributed by atoms with E-state index in [0.717, 1.165) is 17.1 Å². The Morgan fingerprint density at radius 2 is 1.08 bits per heavy atom. The molecule has 51 heavy (non-hydrogen) atoms. The molecule has 0 aliphatic heterocycles. The van der Waals surface area contributed by atoms with Gasteiger partial charge in [-0.05, 0) is 110 Å². The van der Waals surface area contributed by atoms with Crippen molar-refractivity contribution in [3.63, 3.8) is 0 Å². The van der Waals surface area contributed by atoms with Crippen molar-refractivity contribution in [1.82, 2.24) is 0 Å². The van der Waals surface area contributed by atoms with Crippen molar-refractivity contribution in [2.24, 2.45) is 0 Å². The standard InChI is InChI=1S/C49H35NS/c1-49(2)44-17-8-6-15-41(44)42-27-25-39(31-45(42)49)50(38-14-10-13-34(30-38)32-11-4-3-5-12-32)37-23-19-33(20-24-37)35-21-26-40-36(29-35)22-28-47-48(40)43-16-7-9-18-46(43)51-47/h3-31H,1-2H3. The number of nitrogens with zero attached hydrogens (tertiary/aromatic N) is 1. The van der Waals surface area contributed by atoms with Crippen LogP contribution in [0.25, 0.3) is 64.3 Å². The van der Waals surface area contributed by atoms with E-state index in [0.29, 0.717) is 0 Å². The highest BCUT2D eigenvalue weighted by atomic mass is 32.1. The van der Waals surface area contributed by atoms with Crippen molar-refractivity contribution in [1.29, 1.82) is 0 Å². The van der Waals surface area contributed by atoms with Gasteiger partial charge in [0.25, 0.3) is 0 Å². The van der Waals surface area contributed by atoms with Crippen LogP contribution >= 0.6 is 11.3 Å². The minimum absolute atomic E-state index is 0.0830. The maximum absolute atomic E-state index is 2.41. The number of fused-ring (bicyclic) bond motifs is 8. The van der Waals surface area contributed by atoms with E-state index < -0.39 is 0 Å². The molecule has 1 nitrogen and oxygen atoms in total. The summed E-state index contributed by atoms with van der Waals surface area (Å²) in [5.74, 6) is 0. The topological polar surface area (TPSA) is 3.24 Å². The van der Waals surface area contributed by atoms with Gasteiger partial charge in [-0.1, -0.05) is 135 Å². The Labute approximate surface area is 302 Å². The van der Waals surface area contributed by atoms with Gasteiger partial charge >= 0.3 is 0 Å². The molecule has 0 spiro atoms. The first-order valence-electron chi connectivity index (χ1n) is 17.7. The molecule has 0 bridgehead atoms. The van der Waals surface area contributed by atoms with Gasteiger partial charge in [0.05, 0.1) is 0 Å². The van der Waals surface area contributed by atoms with Crippen LogP contribution in [0.15, 0.2) is 176 Å². The van der Waals surface area contributed by atoms with Crippen LogP contribution in [0.4, 0.5) is 17.1 Å². The molecule has 0 N–H and O–H groups in total. The van der Waals surface area contributed by atoms with Crippen LogP contribution in [0.1, 0.15) is 25.0 Å². The van der Waals surface area contributed by atoms with Gasteiger partial charge in [0.2, 0.25) is 0 Å². The highest BCUT2D eigenvalue weighted by molar-refractivity contribution is 7.26. The van der Waals surface area contributed by atoms with Crippen LogP contribution < -0.4 is 4.90 Å². The van der Waals surface area contributed by atoms with Crippen LogP contribution in [0, 0.1) is 0 Å². The maximum atomic E-state index is 2.41. The maximum Gasteiger partial charge on any atom is 0.0467 e.